The summed E-state index contributed by atoms with van der Waals surface area (Å²) < 4.78 is 5.28. The predicted molar refractivity (Wildman–Crippen MR) is 99.0 cm³/mol. The topological polar surface area (TPSA) is 50.4 Å². The minimum atomic E-state index is 0. The van der Waals surface area contributed by atoms with Crippen molar-refractivity contribution in [1.29, 1.82) is 0 Å². The maximum Gasteiger partial charge on any atom is 0.237 e. The molecular weight excluding hydrogens is 324 g/mol. The molecule has 0 aromatic heterocycles. The standard InChI is InChI=1S/C19H28N2O2.ClH/c1-23-16-9-7-15(8-10-16)19(11-3-2-4-12-19)14-21-18(22)17-6-5-13-20-17;/h7-10,17,20H,2-6,11-14H2,1H3,(H,21,22);1H. The van der Waals surface area contributed by atoms with Gasteiger partial charge in [0.1, 0.15) is 5.75 Å². The molecule has 1 unspecified atom stereocenters. The molecule has 1 saturated heterocycles. The van der Waals surface area contributed by atoms with Gasteiger partial charge in [0.25, 0.3) is 0 Å². The first kappa shape index (κ1) is 19.1. The quantitative estimate of drug-likeness (QED) is 0.855. The van der Waals surface area contributed by atoms with Gasteiger partial charge in [-0.2, -0.15) is 0 Å². The summed E-state index contributed by atoms with van der Waals surface area (Å²) in [7, 11) is 1.69. The van der Waals surface area contributed by atoms with E-state index in [1.54, 1.807) is 7.11 Å². The van der Waals surface area contributed by atoms with Crippen LogP contribution in [0, 0.1) is 0 Å². The Morgan fingerprint density at radius 1 is 1.21 bits per heavy atom. The van der Waals surface area contributed by atoms with Gasteiger partial charge in [-0.15, -0.1) is 12.4 Å². The van der Waals surface area contributed by atoms with Crippen molar-refractivity contribution in [3.8, 4) is 5.75 Å². The third-order valence-corrected chi connectivity index (χ3v) is 5.49. The first-order chi connectivity index (χ1) is 11.2. The molecule has 1 aliphatic carbocycles. The zero-order chi connectivity index (χ0) is 16.1. The maximum atomic E-state index is 12.4. The molecule has 1 amide bonds. The van der Waals surface area contributed by atoms with Crippen LogP contribution in [-0.2, 0) is 10.2 Å². The molecule has 5 heteroatoms. The molecule has 1 aromatic rings. The van der Waals surface area contributed by atoms with Crippen molar-refractivity contribution in [2.24, 2.45) is 0 Å². The van der Waals surface area contributed by atoms with Crippen molar-refractivity contribution in [1.82, 2.24) is 10.6 Å². The molecular formula is C19H29ClN2O2. The number of hydrogen-bond donors (Lipinski definition) is 2. The van der Waals surface area contributed by atoms with E-state index >= 15 is 0 Å². The van der Waals surface area contributed by atoms with Crippen molar-refractivity contribution in [2.75, 3.05) is 20.2 Å². The van der Waals surface area contributed by atoms with E-state index in [1.807, 2.05) is 12.1 Å². The molecule has 1 atom stereocenters. The zero-order valence-electron chi connectivity index (χ0n) is 14.5. The first-order valence-corrected chi connectivity index (χ1v) is 8.89. The van der Waals surface area contributed by atoms with Gasteiger partial charge in [0, 0.05) is 12.0 Å². The van der Waals surface area contributed by atoms with Gasteiger partial charge in [0.2, 0.25) is 5.91 Å². The van der Waals surface area contributed by atoms with Gasteiger partial charge >= 0.3 is 0 Å². The van der Waals surface area contributed by atoms with Crippen molar-refractivity contribution in [3.63, 3.8) is 0 Å². The van der Waals surface area contributed by atoms with Crippen LogP contribution in [0.15, 0.2) is 24.3 Å². The molecule has 1 heterocycles. The van der Waals surface area contributed by atoms with Gasteiger partial charge in [-0.1, -0.05) is 31.4 Å². The number of rotatable bonds is 5. The second kappa shape index (κ2) is 8.72. The fourth-order valence-electron chi connectivity index (χ4n) is 4.03. The van der Waals surface area contributed by atoms with Crippen LogP contribution in [0.25, 0.3) is 0 Å². The van der Waals surface area contributed by atoms with E-state index < -0.39 is 0 Å². The number of amides is 1. The number of carbonyl (C=O) groups excluding carboxylic acids is 1. The number of carbonyl (C=O) groups is 1. The highest BCUT2D eigenvalue weighted by atomic mass is 35.5. The number of halogens is 1. The Balaban J connectivity index is 0.00000208. The van der Waals surface area contributed by atoms with Crippen LogP contribution in [-0.4, -0.2) is 32.1 Å². The summed E-state index contributed by atoms with van der Waals surface area (Å²) in [6.45, 7) is 1.71. The number of nitrogens with one attached hydrogen (secondary N) is 2. The summed E-state index contributed by atoms with van der Waals surface area (Å²) in [5, 5.41) is 6.51. The zero-order valence-corrected chi connectivity index (χ0v) is 15.3. The largest absolute Gasteiger partial charge is 0.497 e. The lowest BCUT2D eigenvalue weighted by Gasteiger charge is -2.38. The SMILES string of the molecule is COc1ccc(C2(CNC(=O)C3CCCN3)CCCCC2)cc1.Cl. The fraction of sp³-hybridized carbons (Fsp3) is 0.632. The number of ether oxygens (including phenoxy) is 1. The van der Waals surface area contributed by atoms with E-state index in [9.17, 15) is 4.79 Å². The molecule has 2 aliphatic rings. The smallest absolute Gasteiger partial charge is 0.237 e. The van der Waals surface area contributed by atoms with Crippen LogP contribution in [0.1, 0.15) is 50.5 Å². The average molecular weight is 353 g/mol. The molecule has 134 valence electrons. The van der Waals surface area contributed by atoms with Crippen LogP contribution in [0.2, 0.25) is 0 Å². The number of methoxy groups -OCH3 is 1. The van der Waals surface area contributed by atoms with Crippen LogP contribution in [0.3, 0.4) is 0 Å². The number of hydrogen-bond acceptors (Lipinski definition) is 3. The maximum absolute atomic E-state index is 12.4. The molecule has 0 bridgehead atoms. The van der Waals surface area contributed by atoms with Gasteiger partial charge in [0.05, 0.1) is 13.2 Å². The monoisotopic (exact) mass is 352 g/mol. The molecule has 24 heavy (non-hydrogen) atoms. The summed E-state index contributed by atoms with van der Waals surface area (Å²) in [5.74, 6) is 1.06. The Labute approximate surface area is 151 Å². The summed E-state index contributed by atoms with van der Waals surface area (Å²) >= 11 is 0. The lowest BCUT2D eigenvalue weighted by Crippen LogP contribution is -2.47. The normalized spacial score (nSPS) is 22.5. The van der Waals surface area contributed by atoms with Gasteiger partial charge in [-0.25, -0.2) is 0 Å². The molecule has 2 N–H and O–H groups in total. The Morgan fingerprint density at radius 2 is 1.92 bits per heavy atom. The Kier molecular flexibility index (Phi) is 6.93. The van der Waals surface area contributed by atoms with E-state index in [-0.39, 0.29) is 29.8 Å². The second-order valence-electron chi connectivity index (χ2n) is 6.94. The minimum absolute atomic E-state index is 0. The third-order valence-electron chi connectivity index (χ3n) is 5.49. The van der Waals surface area contributed by atoms with E-state index in [2.05, 4.69) is 22.8 Å². The summed E-state index contributed by atoms with van der Waals surface area (Å²) in [4.78, 5) is 12.4. The summed E-state index contributed by atoms with van der Waals surface area (Å²) in [5.41, 5.74) is 1.41. The van der Waals surface area contributed by atoms with Crippen molar-refractivity contribution in [2.45, 2.75) is 56.4 Å². The van der Waals surface area contributed by atoms with Crippen molar-refractivity contribution in [3.05, 3.63) is 29.8 Å². The van der Waals surface area contributed by atoms with Gasteiger partial charge in [0.15, 0.2) is 0 Å². The Bertz CT molecular complexity index is 521. The fourth-order valence-corrected chi connectivity index (χ4v) is 4.03. The second-order valence-corrected chi connectivity index (χ2v) is 6.94. The Morgan fingerprint density at radius 3 is 2.50 bits per heavy atom. The molecule has 1 aliphatic heterocycles. The third kappa shape index (κ3) is 4.22. The molecule has 1 saturated carbocycles. The van der Waals surface area contributed by atoms with Crippen molar-refractivity contribution < 1.29 is 9.53 Å². The highest BCUT2D eigenvalue weighted by Crippen LogP contribution is 2.39. The molecule has 1 aromatic carbocycles. The minimum Gasteiger partial charge on any atom is -0.497 e. The van der Waals surface area contributed by atoms with Gasteiger partial charge in [-0.05, 0) is 49.9 Å². The molecule has 2 fully saturated rings. The van der Waals surface area contributed by atoms with Crippen LogP contribution in [0.4, 0.5) is 0 Å². The average Bonchev–Trinajstić information content (AvgIpc) is 3.15. The lowest BCUT2D eigenvalue weighted by molar-refractivity contribution is -0.123. The van der Waals surface area contributed by atoms with Crippen LogP contribution >= 0.6 is 12.4 Å². The predicted octanol–water partition coefficient (Wildman–Crippen LogP) is 3.19. The van der Waals surface area contributed by atoms with Crippen molar-refractivity contribution >= 4 is 18.3 Å². The van der Waals surface area contributed by atoms with Crippen LogP contribution in [0.5, 0.6) is 5.75 Å². The number of benzene rings is 1. The van der Waals surface area contributed by atoms with E-state index in [0.717, 1.165) is 44.5 Å². The molecule has 0 spiro atoms. The summed E-state index contributed by atoms with van der Waals surface area (Å²) in [6, 6.07) is 8.42. The molecule has 0 radical (unpaired) electrons. The Hall–Kier alpha value is -1.26. The lowest BCUT2D eigenvalue weighted by atomic mass is 9.69. The molecule has 4 nitrogen and oxygen atoms in total. The van der Waals surface area contributed by atoms with E-state index in [4.69, 9.17) is 4.74 Å². The van der Waals surface area contributed by atoms with Gasteiger partial charge < -0.3 is 15.4 Å². The van der Waals surface area contributed by atoms with E-state index in [0.29, 0.717) is 0 Å². The van der Waals surface area contributed by atoms with Crippen LogP contribution < -0.4 is 15.4 Å². The highest BCUT2D eigenvalue weighted by molar-refractivity contribution is 5.85. The summed E-state index contributed by atoms with van der Waals surface area (Å²) in [6.07, 6.45) is 8.14. The molecule has 3 rings (SSSR count). The van der Waals surface area contributed by atoms with Gasteiger partial charge in [-0.3, -0.25) is 4.79 Å². The first-order valence-electron chi connectivity index (χ1n) is 8.89. The van der Waals surface area contributed by atoms with E-state index in [1.165, 1.54) is 24.8 Å². The highest BCUT2D eigenvalue weighted by Gasteiger charge is 2.35.